The third-order valence-electron chi connectivity index (χ3n) is 7.13. The first-order valence-corrected chi connectivity index (χ1v) is 10.8. The second kappa shape index (κ2) is 7.86. The summed E-state index contributed by atoms with van der Waals surface area (Å²) in [5.74, 6) is 0.666. The molecule has 1 aromatic rings. The molecule has 3 aliphatic rings. The van der Waals surface area contributed by atoms with Gasteiger partial charge < -0.3 is 14.7 Å². The monoisotopic (exact) mass is 383 g/mol. The Morgan fingerprint density at radius 3 is 2.64 bits per heavy atom. The number of likely N-dealkylation sites (N-methyl/N-ethyl adjacent to an activating group) is 1. The highest BCUT2D eigenvalue weighted by atomic mass is 16.2. The van der Waals surface area contributed by atoms with Crippen molar-refractivity contribution in [2.75, 3.05) is 46.8 Å². The zero-order chi connectivity index (χ0) is 19.7. The van der Waals surface area contributed by atoms with Gasteiger partial charge in [-0.25, -0.2) is 0 Å². The van der Waals surface area contributed by atoms with E-state index in [-0.39, 0.29) is 11.3 Å². The van der Waals surface area contributed by atoms with E-state index in [9.17, 15) is 9.59 Å². The van der Waals surface area contributed by atoms with E-state index in [2.05, 4.69) is 53.1 Å². The maximum Gasteiger partial charge on any atom is 0.230 e. The predicted octanol–water partition coefficient (Wildman–Crippen LogP) is 2.51. The molecule has 2 saturated heterocycles. The minimum absolute atomic E-state index is 0.0507. The lowest BCUT2D eigenvalue weighted by Crippen LogP contribution is -2.53. The zero-order valence-electron chi connectivity index (χ0n) is 17.3. The number of nitrogens with zero attached hydrogens (tertiary/aromatic N) is 3. The molecule has 28 heavy (non-hydrogen) atoms. The van der Waals surface area contributed by atoms with Crippen LogP contribution in [0.25, 0.3) is 0 Å². The van der Waals surface area contributed by atoms with Gasteiger partial charge in [-0.1, -0.05) is 24.3 Å². The number of aryl methyl sites for hydroxylation is 1. The van der Waals surface area contributed by atoms with E-state index in [1.54, 1.807) is 0 Å². The number of carbonyl (C=O) groups excluding carboxylic acids is 2. The third kappa shape index (κ3) is 3.82. The van der Waals surface area contributed by atoms with Crippen molar-refractivity contribution in [3.8, 4) is 0 Å². The SMILES string of the molecule is CN(C)CCN1CC2(CCC1=O)CCN(C(=O)C1CCc3ccccc31)CC2. The first kappa shape index (κ1) is 19.4. The number of amides is 2. The first-order valence-electron chi connectivity index (χ1n) is 10.8. The molecule has 2 fully saturated rings. The summed E-state index contributed by atoms with van der Waals surface area (Å²) in [6, 6.07) is 8.42. The lowest BCUT2D eigenvalue weighted by molar-refractivity contribution is -0.143. The fraction of sp³-hybridized carbons (Fsp3) is 0.652. The number of piperidine rings is 2. The number of benzene rings is 1. The maximum atomic E-state index is 13.2. The van der Waals surface area contributed by atoms with Gasteiger partial charge in [0.25, 0.3) is 0 Å². The lowest BCUT2D eigenvalue weighted by atomic mass is 9.72. The zero-order valence-corrected chi connectivity index (χ0v) is 17.3. The molecule has 1 atom stereocenters. The van der Waals surface area contributed by atoms with Gasteiger partial charge in [-0.2, -0.15) is 0 Å². The molecule has 2 aliphatic heterocycles. The van der Waals surface area contributed by atoms with Crippen LogP contribution in [0, 0.1) is 5.41 Å². The highest BCUT2D eigenvalue weighted by molar-refractivity contribution is 5.85. The van der Waals surface area contributed by atoms with Gasteiger partial charge in [0.1, 0.15) is 0 Å². The Morgan fingerprint density at radius 2 is 1.89 bits per heavy atom. The average molecular weight is 384 g/mol. The molecule has 1 unspecified atom stereocenters. The molecule has 1 spiro atoms. The molecule has 152 valence electrons. The maximum absolute atomic E-state index is 13.2. The van der Waals surface area contributed by atoms with Crippen molar-refractivity contribution in [3.05, 3.63) is 35.4 Å². The first-order chi connectivity index (χ1) is 13.5. The van der Waals surface area contributed by atoms with Crippen molar-refractivity contribution in [1.82, 2.24) is 14.7 Å². The van der Waals surface area contributed by atoms with Crippen LogP contribution in [0.1, 0.15) is 49.1 Å². The lowest BCUT2D eigenvalue weighted by Gasteiger charge is -2.48. The van der Waals surface area contributed by atoms with Crippen LogP contribution >= 0.6 is 0 Å². The Morgan fingerprint density at radius 1 is 1.14 bits per heavy atom. The quantitative estimate of drug-likeness (QED) is 0.802. The number of likely N-dealkylation sites (tertiary alicyclic amines) is 2. The summed E-state index contributed by atoms with van der Waals surface area (Å²) in [5.41, 5.74) is 2.80. The van der Waals surface area contributed by atoms with Crippen molar-refractivity contribution >= 4 is 11.8 Å². The van der Waals surface area contributed by atoms with E-state index in [0.29, 0.717) is 18.2 Å². The van der Waals surface area contributed by atoms with E-state index in [1.165, 1.54) is 11.1 Å². The number of carbonyl (C=O) groups is 2. The molecule has 0 radical (unpaired) electrons. The standard InChI is InChI=1S/C23H33N3O2/c1-24(2)15-16-26-17-23(10-9-21(26)27)11-13-25(14-12-23)22(28)20-8-7-18-5-3-4-6-19(18)20/h3-6,20H,7-17H2,1-2H3. The number of fused-ring (bicyclic) bond motifs is 1. The van der Waals surface area contributed by atoms with E-state index in [4.69, 9.17) is 0 Å². The highest BCUT2D eigenvalue weighted by Gasteiger charge is 2.42. The van der Waals surface area contributed by atoms with Gasteiger partial charge in [0.15, 0.2) is 0 Å². The highest BCUT2D eigenvalue weighted by Crippen LogP contribution is 2.42. The normalized spacial score (nSPS) is 24.1. The largest absolute Gasteiger partial charge is 0.342 e. The van der Waals surface area contributed by atoms with E-state index in [0.717, 1.165) is 64.8 Å². The summed E-state index contributed by atoms with van der Waals surface area (Å²) in [6.45, 7) is 4.27. The summed E-state index contributed by atoms with van der Waals surface area (Å²) in [7, 11) is 4.10. The molecule has 0 saturated carbocycles. The molecule has 0 aromatic heterocycles. The molecular formula is C23H33N3O2. The van der Waals surface area contributed by atoms with E-state index in [1.807, 2.05) is 0 Å². The van der Waals surface area contributed by atoms with Crippen LogP contribution < -0.4 is 0 Å². The van der Waals surface area contributed by atoms with Crippen LogP contribution in [-0.2, 0) is 16.0 Å². The summed E-state index contributed by atoms with van der Waals surface area (Å²) in [6.07, 6.45) is 5.67. The van der Waals surface area contributed by atoms with Crippen molar-refractivity contribution in [1.29, 1.82) is 0 Å². The van der Waals surface area contributed by atoms with Gasteiger partial charge in [-0.3, -0.25) is 9.59 Å². The number of hydrogen-bond donors (Lipinski definition) is 0. The van der Waals surface area contributed by atoms with Gasteiger partial charge >= 0.3 is 0 Å². The molecule has 1 aromatic carbocycles. The predicted molar refractivity (Wildman–Crippen MR) is 110 cm³/mol. The van der Waals surface area contributed by atoms with Gasteiger partial charge in [0.2, 0.25) is 11.8 Å². The van der Waals surface area contributed by atoms with E-state index >= 15 is 0 Å². The summed E-state index contributed by atoms with van der Waals surface area (Å²) < 4.78 is 0. The van der Waals surface area contributed by atoms with Crippen LogP contribution in [-0.4, -0.2) is 73.3 Å². The average Bonchev–Trinajstić information content (AvgIpc) is 3.13. The van der Waals surface area contributed by atoms with Gasteiger partial charge in [0.05, 0.1) is 5.92 Å². The van der Waals surface area contributed by atoms with Gasteiger partial charge in [0, 0.05) is 39.1 Å². The fourth-order valence-corrected chi connectivity index (χ4v) is 5.27. The third-order valence-corrected chi connectivity index (χ3v) is 7.13. The Balaban J connectivity index is 1.36. The van der Waals surface area contributed by atoms with Crippen LogP contribution in [0.5, 0.6) is 0 Å². The molecule has 2 heterocycles. The second-order valence-electron chi connectivity index (χ2n) is 9.23. The van der Waals surface area contributed by atoms with Crippen LogP contribution in [0.4, 0.5) is 0 Å². The minimum Gasteiger partial charge on any atom is -0.342 e. The molecule has 4 rings (SSSR count). The van der Waals surface area contributed by atoms with Gasteiger partial charge in [-0.15, -0.1) is 0 Å². The number of rotatable bonds is 4. The van der Waals surface area contributed by atoms with E-state index < -0.39 is 0 Å². The Labute approximate surface area is 168 Å². The molecule has 5 heteroatoms. The van der Waals surface area contributed by atoms with Crippen LogP contribution in [0.3, 0.4) is 0 Å². The Bertz CT molecular complexity index is 737. The number of hydrogen-bond acceptors (Lipinski definition) is 3. The Hall–Kier alpha value is -1.88. The van der Waals surface area contributed by atoms with Gasteiger partial charge in [-0.05, 0) is 62.7 Å². The Kier molecular flexibility index (Phi) is 5.46. The molecule has 2 amide bonds. The molecular weight excluding hydrogens is 350 g/mol. The van der Waals surface area contributed by atoms with Crippen LogP contribution in [0.2, 0.25) is 0 Å². The second-order valence-corrected chi connectivity index (χ2v) is 9.23. The van der Waals surface area contributed by atoms with Crippen molar-refractivity contribution in [2.45, 2.75) is 44.4 Å². The smallest absolute Gasteiger partial charge is 0.230 e. The van der Waals surface area contributed by atoms with Crippen LogP contribution in [0.15, 0.2) is 24.3 Å². The molecule has 5 nitrogen and oxygen atoms in total. The van der Waals surface area contributed by atoms with Crippen molar-refractivity contribution in [2.24, 2.45) is 5.41 Å². The fourth-order valence-electron chi connectivity index (χ4n) is 5.27. The summed E-state index contributed by atoms with van der Waals surface area (Å²) in [5, 5.41) is 0. The molecule has 0 N–H and O–H groups in total. The summed E-state index contributed by atoms with van der Waals surface area (Å²) in [4.78, 5) is 31.8. The molecule has 0 bridgehead atoms. The molecule has 1 aliphatic carbocycles. The minimum atomic E-state index is 0.0507. The van der Waals surface area contributed by atoms with Crippen molar-refractivity contribution < 1.29 is 9.59 Å². The summed E-state index contributed by atoms with van der Waals surface area (Å²) >= 11 is 0. The van der Waals surface area contributed by atoms with Crippen molar-refractivity contribution in [3.63, 3.8) is 0 Å². The topological polar surface area (TPSA) is 43.9 Å².